The van der Waals surface area contributed by atoms with Gasteiger partial charge < -0.3 is 0 Å². The summed E-state index contributed by atoms with van der Waals surface area (Å²) in [5, 5.41) is 0. The Morgan fingerprint density at radius 1 is 0.812 bits per heavy atom. The van der Waals surface area contributed by atoms with Crippen LogP contribution in [-0.4, -0.2) is 9.97 Å². The molecular weight excluding hydrogens is 412 g/mol. The Morgan fingerprint density at radius 2 is 1.44 bits per heavy atom. The van der Waals surface area contributed by atoms with Gasteiger partial charge in [-0.1, -0.05) is 74.5 Å². The molecule has 0 radical (unpaired) electrons. The number of rotatable bonds is 8. The molecule has 0 bridgehead atoms. The van der Waals surface area contributed by atoms with Crippen LogP contribution in [0.4, 0.5) is 0 Å². The van der Waals surface area contributed by atoms with Crippen LogP contribution >= 0.6 is 11.6 Å². The van der Waals surface area contributed by atoms with Gasteiger partial charge in [-0.3, -0.25) is 0 Å². The Kier molecular flexibility index (Phi) is 8.79. The molecule has 0 saturated heterocycles. The molecule has 3 heteroatoms. The lowest BCUT2D eigenvalue weighted by Gasteiger charge is -2.28. The third-order valence-electron chi connectivity index (χ3n) is 7.96. The number of benzene rings is 1. The Hall–Kier alpha value is -1.67. The molecule has 2 aliphatic rings. The molecule has 0 atom stereocenters. The quantitative estimate of drug-likeness (QED) is 0.375. The highest BCUT2D eigenvalue weighted by Gasteiger charge is 2.23. The van der Waals surface area contributed by atoms with Gasteiger partial charge in [0.15, 0.2) is 5.82 Å². The molecule has 2 fully saturated rings. The molecule has 2 aliphatic carbocycles. The number of unbranched alkanes of at least 4 members (excludes halogenated alkanes) is 2. The van der Waals surface area contributed by atoms with Crippen molar-refractivity contribution in [1.82, 2.24) is 9.97 Å². The highest BCUT2D eigenvalue weighted by Crippen LogP contribution is 2.38. The van der Waals surface area contributed by atoms with E-state index in [0.717, 1.165) is 17.3 Å². The van der Waals surface area contributed by atoms with E-state index < -0.39 is 0 Å². The largest absolute Gasteiger partial charge is 0.236 e. The average molecular weight is 451 g/mol. The highest BCUT2D eigenvalue weighted by molar-refractivity contribution is 6.25. The molecule has 0 aliphatic heterocycles. The Bertz CT molecular complexity index is 826. The Labute approximate surface area is 199 Å². The van der Waals surface area contributed by atoms with Crippen LogP contribution in [0.15, 0.2) is 48.3 Å². The fourth-order valence-corrected chi connectivity index (χ4v) is 6.02. The number of aromatic nitrogens is 2. The second-order valence-corrected chi connectivity index (χ2v) is 10.4. The maximum atomic E-state index is 5.75. The number of hydrogen-bond acceptors (Lipinski definition) is 2. The van der Waals surface area contributed by atoms with E-state index in [-0.39, 0.29) is 0 Å². The van der Waals surface area contributed by atoms with Gasteiger partial charge in [0, 0.05) is 23.5 Å². The lowest BCUT2D eigenvalue weighted by atomic mass is 9.77. The third kappa shape index (κ3) is 6.22. The fraction of sp³-hybridized carbons (Fsp3) is 0.586. The van der Waals surface area contributed by atoms with Gasteiger partial charge in [-0.15, -0.1) is 0 Å². The molecule has 2 saturated carbocycles. The van der Waals surface area contributed by atoms with Crippen molar-refractivity contribution in [2.45, 2.75) is 95.8 Å². The number of hydrogen-bond donors (Lipinski definition) is 0. The van der Waals surface area contributed by atoms with E-state index in [9.17, 15) is 0 Å². The van der Waals surface area contributed by atoms with Crippen molar-refractivity contribution in [3.63, 3.8) is 0 Å². The van der Waals surface area contributed by atoms with E-state index in [1.807, 2.05) is 0 Å². The summed E-state index contributed by atoms with van der Waals surface area (Å²) in [6, 6.07) is 8.98. The molecule has 0 amide bonds. The first-order valence-electron chi connectivity index (χ1n) is 13.0. The van der Waals surface area contributed by atoms with E-state index in [2.05, 4.69) is 49.7 Å². The summed E-state index contributed by atoms with van der Waals surface area (Å²) in [6.45, 7) is 2.29. The molecule has 1 aromatic heterocycles. The molecule has 0 N–H and O–H groups in total. The SMILES string of the molecule is CCCCCC1CCC(c2cnc(-c3ccc(C4CCC(C=CCl)CC4)cc3)nc2)CC1. The molecule has 2 nitrogen and oxygen atoms in total. The van der Waals surface area contributed by atoms with Crippen LogP contribution in [0.25, 0.3) is 11.4 Å². The van der Waals surface area contributed by atoms with Gasteiger partial charge in [0.1, 0.15) is 0 Å². The van der Waals surface area contributed by atoms with E-state index in [1.165, 1.54) is 88.2 Å². The molecule has 0 spiro atoms. The van der Waals surface area contributed by atoms with Crippen LogP contribution in [0.5, 0.6) is 0 Å². The van der Waals surface area contributed by atoms with Crippen molar-refractivity contribution < 1.29 is 0 Å². The smallest absolute Gasteiger partial charge is 0.159 e. The Balaban J connectivity index is 1.30. The normalized spacial score (nSPS) is 26.4. The molecule has 2 aromatic rings. The maximum absolute atomic E-state index is 5.75. The molecule has 1 heterocycles. The van der Waals surface area contributed by atoms with Crippen LogP contribution in [0.3, 0.4) is 0 Å². The van der Waals surface area contributed by atoms with Crippen LogP contribution in [0, 0.1) is 11.8 Å². The predicted molar refractivity (Wildman–Crippen MR) is 136 cm³/mol. The first kappa shape index (κ1) is 23.5. The second kappa shape index (κ2) is 12.0. The minimum atomic E-state index is 0.651. The van der Waals surface area contributed by atoms with Crippen molar-refractivity contribution in [1.29, 1.82) is 0 Å². The first-order chi connectivity index (χ1) is 15.8. The number of allylic oxidation sites excluding steroid dienone is 1. The number of nitrogens with zero attached hydrogens (tertiary/aromatic N) is 2. The third-order valence-corrected chi connectivity index (χ3v) is 8.11. The van der Waals surface area contributed by atoms with Gasteiger partial charge in [0.2, 0.25) is 0 Å². The summed E-state index contributed by atoms with van der Waals surface area (Å²) in [5.41, 5.74) is 5.60. The van der Waals surface area contributed by atoms with E-state index in [1.54, 1.807) is 5.54 Å². The monoisotopic (exact) mass is 450 g/mol. The van der Waals surface area contributed by atoms with Gasteiger partial charge in [-0.25, -0.2) is 9.97 Å². The highest BCUT2D eigenvalue weighted by atomic mass is 35.5. The molecule has 32 heavy (non-hydrogen) atoms. The predicted octanol–water partition coefficient (Wildman–Crippen LogP) is 9.02. The standard InChI is InChI=1S/C29H39ClN2/c1-2-3-4-5-22-6-12-26(13-7-22)28-20-31-29(32-21-28)27-16-14-25(15-17-27)24-10-8-23(9-11-24)18-19-30/h14-24,26H,2-13H2,1H3. The molecule has 0 unspecified atom stereocenters. The summed E-state index contributed by atoms with van der Waals surface area (Å²) in [7, 11) is 0. The van der Waals surface area contributed by atoms with Crippen LogP contribution in [0.2, 0.25) is 0 Å². The maximum Gasteiger partial charge on any atom is 0.159 e. The van der Waals surface area contributed by atoms with Crippen LogP contribution < -0.4 is 0 Å². The zero-order chi connectivity index (χ0) is 22.2. The summed E-state index contributed by atoms with van der Waals surface area (Å²) in [5.74, 6) is 3.78. The topological polar surface area (TPSA) is 25.8 Å². The summed E-state index contributed by atoms with van der Waals surface area (Å²) >= 11 is 5.75. The van der Waals surface area contributed by atoms with E-state index >= 15 is 0 Å². The average Bonchev–Trinajstić information content (AvgIpc) is 2.86. The summed E-state index contributed by atoms with van der Waals surface area (Å²) in [6.07, 6.45) is 22.2. The van der Waals surface area contributed by atoms with Crippen molar-refractivity contribution in [3.8, 4) is 11.4 Å². The van der Waals surface area contributed by atoms with Crippen LogP contribution in [0.1, 0.15) is 107 Å². The van der Waals surface area contributed by atoms with E-state index in [4.69, 9.17) is 21.6 Å². The summed E-state index contributed by atoms with van der Waals surface area (Å²) in [4.78, 5) is 9.49. The van der Waals surface area contributed by atoms with E-state index in [0.29, 0.717) is 17.8 Å². The Morgan fingerprint density at radius 3 is 2.06 bits per heavy atom. The minimum absolute atomic E-state index is 0.651. The lowest BCUT2D eigenvalue weighted by Crippen LogP contribution is -2.14. The van der Waals surface area contributed by atoms with Crippen molar-refractivity contribution in [2.75, 3.05) is 0 Å². The van der Waals surface area contributed by atoms with Crippen molar-refractivity contribution in [2.24, 2.45) is 11.8 Å². The molecular formula is C29H39ClN2. The minimum Gasteiger partial charge on any atom is -0.236 e. The second-order valence-electron chi connectivity index (χ2n) is 10.1. The zero-order valence-electron chi connectivity index (χ0n) is 19.7. The van der Waals surface area contributed by atoms with Gasteiger partial charge >= 0.3 is 0 Å². The first-order valence-corrected chi connectivity index (χ1v) is 13.4. The molecule has 1 aromatic carbocycles. The van der Waals surface area contributed by atoms with Crippen LogP contribution in [-0.2, 0) is 0 Å². The van der Waals surface area contributed by atoms with Gasteiger partial charge in [-0.2, -0.15) is 0 Å². The zero-order valence-corrected chi connectivity index (χ0v) is 20.4. The van der Waals surface area contributed by atoms with Gasteiger partial charge in [0.05, 0.1) is 0 Å². The number of halogens is 1. The van der Waals surface area contributed by atoms with Gasteiger partial charge in [-0.05, 0) is 86.2 Å². The van der Waals surface area contributed by atoms with Crippen molar-refractivity contribution in [3.05, 3.63) is 59.4 Å². The van der Waals surface area contributed by atoms with Gasteiger partial charge in [0.25, 0.3) is 0 Å². The lowest BCUT2D eigenvalue weighted by molar-refractivity contribution is 0.302. The molecule has 4 rings (SSSR count). The summed E-state index contributed by atoms with van der Waals surface area (Å²) < 4.78 is 0. The fourth-order valence-electron chi connectivity index (χ4n) is 5.82. The molecule has 172 valence electrons. The van der Waals surface area contributed by atoms with Crippen molar-refractivity contribution >= 4 is 11.6 Å².